The second-order valence-electron chi connectivity index (χ2n) is 5.82. The third-order valence-corrected chi connectivity index (χ3v) is 6.63. The van der Waals surface area contributed by atoms with E-state index in [1.54, 1.807) is 14.0 Å². The smallest absolute Gasteiger partial charge is 0.260 e. The van der Waals surface area contributed by atoms with Gasteiger partial charge in [0.15, 0.2) is 11.4 Å². The largest absolute Gasteiger partial charge is 0.379 e. The Morgan fingerprint density at radius 2 is 2.17 bits per heavy atom. The highest BCUT2D eigenvalue weighted by atomic mass is 35.5. The summed E-state index contributed by atoms with van der Waals surface area (Å²) in [7, 11) is -2.32. The van der Waals surface area contributed by atoms with Crippen molar-refractivity contribution in [1.29, 1.82) is 0 Å². The number of aryl methyl sites for hydroxylation is 3. The molecular weight excluding hydrogens is 358 g/mol. The zero-order valence-corrected chi connectivity index (χ0v) is 15.1. The van der Waals surface area contributed by atoms with Crippen molar-refractivity contribution in [3.63, 3.8) is 0 Å². The van der Waals surface area contributed by atoms with Crippen LogP contribution < -0.4 is 0 Å². The number of halogens is 1. The Balaban J connectivity index is 1.92. The summed E-state index contributed by atoms with van der Waals surface area (Å²) in [5, 5.41) is 18.6. The Bertz CT molecular complexity index is 877. The van der Waals surface area contributed by atoms with Gasteiger partial charge in [0.1, 0.15) is 10.0 Å². The van der Waals surface area contributed by atoms with Gasteiger partial charge in [-0.05, 0) is 6.92 Å². The third-order valence-electron chi connectivity index (χ3n) is 4.09. The molecule has 1 aliphatic heterocycles. The predicted molar refractivity (Wildman–Crippen MR) is 83.9 cm³/mol. The van der Waals surface area contributed by atoms with Crippen LogP contribution in [-0.4, -0.2) is 50.8 Å². The maximum absolute atomic E-state index is 12.9. The highest BCUT2D eigenvalue weighted by Crippen LogP contribution is 2.36. The fraction of sp³-hybridized carbons (Fsp3) is 0.615. The van der Waals surface area contributed by atoms with Gasteiger partial charge in [0, 0.05) is 26.4 Å². The monoisotopic (exact) mass is 375 g/mol. The maximum atomic E-state index is 12.9. The van der Waals surface area contributed by atoms with Crippen molar-refractivity contribution in [3.05, 3.63) is 22.6 Å². The second kappa shape index (κ2) is 5.80. The van der Waals surface area contributed by atoms with Gasteiger partial charge in [-0.15, -0.1) is 0 Å². The van der Waals surface area contributed by atoms with Crippen LogP contribution in [0.25, 0.3) is 0 Å². The quantitative estimate of drug-likeness (QED) is 0.832. The van der Waals surface area contributed by atoms with E-state index in [-0.39, 0.29) is 35.4 Å². The second-order valence-corrected chi connectivity index (χ2v) is 8.05. The first-order valence-electron chi connectivity index (χ1n) is 7.43. The van der Waals surface area contributed by atoms with Gasteiger partial charge in [-0.25, -0.2) is 8.42 Å². The van der Waals surface area contributed by atoms with Gasteiger partial charge in [0.05, 0.1) is 12.2 Å². The highest BCUT2D eigenvalue weighted by Gasteiger charge is 2.47. The summed E-state index contributed by atoms with van der Waals surface area (Å²) in [6, 6.07) is 0. The van der Waals surface area contributed by atoms with Crippen LogP contribution in [0.1, 0.15) is 30.8 Å². The van der Waals surface area contributed by atoms with Crippen molar-refractivity contribution in [2.45, 2.75) is 37.2 Å². The molecule has 0 spiro atoms. The number of sulfonamides is 1. The van der Waals surface area contributed by atoms with E-state index in [9.17, 15) is 13.5 Å². The lowest BCUT2D eigenvalue weighted by Crippen LogP contribution is -2.35. The number of nitrogens with zero attached hydrogens (tertiary/aromatic N) is 5. The van der Waals surface area contributed by atoms with Crippen molar-refractivity contribution < 1.29 is 18.0 Å². The summed E-state index contributed by atoms with van der Waals surface area (Å²) in [4.78, 5) is 4.07. The van der Waals surface area contributed by atoms with Crippen LogP contribution in [0, 0.1) is 6.92 Å². The molecule has 2 aromatic rings. The van der Waals surface area contributed by atoms with E-state index in [0.717, 1.165) is 0 Å². The van der Waals surface area contributed by atoms with Gasteiger partial charge in [-0.2, -0.15) is 14.4 Å². The van der Waals surface area contributed by atoms with E-state index in [4.69, 9.17) is 16.1 Å². The van der Waals surface area contributed by atoms with Crippen molar-refractivity contribution in [1.82, 2.24) is 24.2 Å². The Labute approximate surface area is 144 Å². The minimum absolute atomic E-state index is 0.0334. The first-order chi connectivity index (χ1) is 11.2. The third kappa shape index (κ3) is 2.63. The number of β-amino-alcohol motifs (C(OH)–C–C–N with tert-alkyl or cyclic N) is 1. The Kier molecular flexibility index (Phi) is 4.19. The molecule has 0 amide bonds. The van der Waals surface area contributed by atoms with Gasteiger partial charge in [-0.3, -0.25) is 4.68 Å². The molecule has 1 fully saturated rings. The molecule has 0 aliphatic carbocycles. The highest BCUT2D eigenvalue weighted by molar-refractivity contribution is 7.89. The summed E-state index contributed by atoms with van der Waals surface area (Å²) in [6.07, 6.45) is 0.723. The first-order valence-corrected chi connectivity index (χ1v) is 9.25. The lowest BCUT2D eigenvalue weighted by molar-refractivity contribution is 0.0194. The van der Waals surface area contributed by atoms with Crippen LogP contribution in [0.4, 0.5) is 0 Å². The molecule has 11 heteroatoms. The van der Waals surface area contributed by atoms with Gasteiger partial charge < -0.3 is 9.63 Å². The molecule has 1 atom stereocenters. The van der Waals surface area contributed by atoms with Crippen molar-refractivity contribution >= 4 is 21.6 Å². The van der Waals surface area contributed by atoms with Crippen molar-refractivity contribution in [2.24, 2.45) is 7.05 Å². The summed E-state index contributed by atoms with van der Waals surface area (Å²) >= 11 is 6.08. The van der Waals surface area contributed by atoms with Crippen molar-refractivity contribution in [3.8, 4) is 0 Å². The lowest BCUT2D eigenvalue weighted by Gasteiger charge is -2.19. The maximum Gasteiger partial charge on any atom is 0.260 e. The SMILES string of the molecule is CCc1noc(C2(O)CCN(S(=O)(=O)c3c(C)nn(C)c3Cl)C2)n1. The molecule has 1 aliphatic rings. The molecule has 1 unspecified atom stereocenters. The molecule has 1 N–H and O–H groups in total. The Morgan fingerprint density at radius 1 is 1.46 bits per heavy atom. The zero-order valence-electron chi connectivity index (χ0n) is 13.5. The molecule has 1 saturated heterocycles. The summed E-state index contributed by atoms with van der Waals surface area (Å²) in [5.41, 5.74) is -1.19. The standard InChI is InChI=1S/C13H18ClN5O4S/c1-4-9-15-12(23-17-9)13(20)5-6-19(7-13)24(21,22)10-8(2)16-18(3)11(10)14/h20H,4-7H2,1-3H3. The van der Waals surface area contributed by atoms with Crippen molar-refractivity contribution in [2.75, 3.05) is 13.1 Å². The van der Waals surface area contributed by atoms with Crippen LogP contribution in [-0.2, 0) is 29.1 Å². The number of aromatic nitrogens is 4. The van der Waals surface area contributed by atoms with Crippen LogP contribution in [0.15, 0.2) is 9.42 Å². The molecule has 0 saturated carbocycles. The van der Waals surface area contributed by atoms with E-state index in [0.29, 0.717) is 17.9 Å². The van der Waals surface area contributed by atoms with Gasteiger partial charge >= 0.3 is 0 Å². The molecule has 0 bridgehead atoms. The van der Waals surface area contributed by atoms with Gasteiger partial charge in [0.25, 0.3) is 5.89 Å². The minimum Gasteiger partial charge on any atom is -0.379 e. The normalized spacial score (nSPS) is 22.4. The van der Waals surface area contributed by atoms with Gasteiger partial charge in [-0.1, -0.05) is 23.7 Å². The zero-order chi connectivity index (χ0) is 17.7. The number of aliphatic hydroxyl groups is 1. The van der Waals surface area contributed by atoms with E-state index in [1.165, 1.54) is 8.99 Å². The summed E-state index contributed by atoms with van der Waals surface area (Å²) < 4.78 is 33.3. The fourth-order valence-corrected chi connectivity index (χ4v) is 4.96. The molecule has 2 aromatic heterocycles. The molecule has 3 rings (SSSR count). The summed E-state index contributed by atoms with van der Waals surface area (Å²) in [5.74, 6) is 0.497. The molecule has 24 heavy (non-hydrogen) atoms. The molecule has 9 nitrogen and oxygen atoms in total. The van der Waals surface area contributed by atoms with Crippen LogP contribution >= 0.6 is 11.6 Å². The first kappa shape index (κ1) is 17.3. The van der Waals surface area contributed by atoms with E-state index >= 15 is 0 Å². The summed E-state index contributed by atoms with van der Waals surface area (Å²) in [6.45, 7) is 3.38. The lowest BCUT2D eigenvalue weighted by atomic mass is 10.0. The molecule has 132 valence electrons. The molecule has 0 aromatic carbocycles. The van der Waals surface area contributed by atoms with Crippen LogP contribution in [0.5, 0.6) is 0 Å². The Morgan fingerprint density at radius 3 is 2.71 bits per heavy atom. The molecular formula is C13H18ClN5O4S. The molecule has 0 radical (unpaired) electrons. The van der Waals surface area contributed by atoms with Gasteiger partial charge in [0.2, 0.25) is 10.0 Å². The average molecular weight is 376 g/mol. The van der Waals surface area contributed by atoms with E-state index in [1.807, 2.05) is 6.92 Å². The topological polar surface area (TPSA) is 114 Å². The van der Waals surface area contributed by atoms with E-state index < -0.39 is 15.6 Å². The predicted octanol–water partition coefficient (Wildman–Crippen LogP) is 0.610. The number of hydrogen-bond donors (Lipinski definition) is 1. The van der Waals surface area contributed by atoms with Crippen LogP contribution in [0.3, 0.4) is 0 Å². The number of rotatable bonds is 4. The van der Waals surface area contributed by atoms with E-state index in [2.05, 4.69) is 15.2 Å². The Hall–Kier alpha value is -1.49. The average Bonchev–Trinajstić information content (AvgIpc) is 3.19. The minimum atomic E-state index is -3.89. The number of hydrogen-bond acceptors (Lipinski definition) is 7. The van der Waals surface area contributed by atoms with Crippen LogP contribution in [0.2, 0.25) is 5.15 Å². The fourth-order valence-electron chi connectivity index (χ4n) is 2.76. The molecule has 3 heterocycles.